The Hall–Kier alpha value is -1.65. The highest BCUT2D eigenvalue weighted by Crippen LogP contribution is 2.28. The molecular weight excluding hydrogens is 269 g/mol. The van der Waals surface area contributed by atoms with Gasteiger partial charge in [0.2, 0.25) is 0 Å². The van der Waals surface area contributed by atoms with Gasteiger partial charge in [-0.05, 0) is 55.6 Å². The van der Waals surface area contributed by atoms with E-state index in [2.05, 4.69) is 4.90 Å². The van der Waals surface area contributed by atoms with E-state index in [1.165, 1.54) is 12.1 Å². The zero-order valence-electron chi connectivity index (χ0n) is 11.9. The van der Waals surface area contributed by atoms with E-state index in [9.17, 15) is 9.50 Å². The molecule has 2 unspecified atom stereocenters. The summed E-state index contributed by atoms with van der Waals surface area (Å²) in [6.07, 6.45) is 3.92. The van der Waals surface area contributed by atoms with Crippen molar-refractivity contribution in [1.29, 1.82) is 0 Å². The number of hydrogen-bond acceptors (Lipinski definition) is 3. The second kappa shape index (κ2) is 6.41. The van der Waals surface area contributed by atoms with Crippen LogP contribution < -0.4 is 0 Å². The van der Waals surface area contributed by atoms with Crippen molar-refractivity contribution in [3.8, 4) is 0 Å². The number of halogens is 1. The largest absolute Gasteiger partial charge is 0.467 e. The summed E-state index contributed by atoms with van der Waals surface area (Å²) in [5, 5.41) is 10.2. The van der Waals surface area contributed by atoms with Crippen molar-refractivity contribution in [2.75, 3.05) is 6.54 Å². The first kappa shape index (κ1) is 14.3. The molecule has 112 valence electrons. The molecule has 0 amide bonds. The first-order valence-electron chi connectivity index (χ1n) is 7.42. The van der Waals surface area contributed by atoms with Crippen LogP contribution in [0.15, 0.2) is 47.1 Å². The van der Waals surface area contributed by atoms with E-state index in [1.54, 1.807) is 12.3 Å². The highest BCUT2D eigenvalue weighted by molar-refractivity contribution is 5.16. The Balaban J connectivity index is 1.61. The second-order valence-corrected chi connectivity index (χ2v) is 5.66. The maximum absolute atomic E-state index is 12.9. The van der Waals surface area contributed by atoms with Crippen LogP contribution in [0.3, 0.4) is 0 Å². The number of likely N-dealkylation sites (tertiary alicyclic amines) is 1. The normalized spacial score (nSPS) is 20.8. The molecular formula is C17H20FNO2. The van der Waals surface area contributed by atoms with Crippen LogP contribution in [-0.2, 0) is 6.54 Å². The van der Waals surface area contributed by atoms with Gasteiger partial charge in [-0.3, -0.25) is 4.90 Å². The summed E-state index contributed by atoms with van der Waals surface area (Å²) in [5.41, 5.74) is 1.11. The number of hydrogen-bond donors (Lipinski definition) is 1. The number of aliphatic hydroxyl groups excluding tert-OH is 1. The molecule has 1 aliphatic heterocycles. The van der Waals surface area contributed by atoms with Gasteiger partial charge in [0.15, 0.2) is 0 Å². The van der Waals surface area contributed by atoms with Crippen LogP contribution in [0, 0.1) is 5.82 Å². The fourth-order valence-corrected chi connectivity index (χ4v) is 3.05. The topological polar surface area (TPSA) is 36.6 Å². The summed E-state index contributed by atoms with van der Waals surface area (Å²) in [6.45, 7) is 1.82. The van der Waals surface area contributed by atoms with Crippen molar-refractivity contribution < 1.29 is 13.9 Å². The molecule has 2 heterocycles. The molecule has 0 radical (unpaired) electrons. The van der Waals surface area contributed by atoms with Crippen molar-refractivity contribution in [3.05, 3.63) is 59.8 Å². The Labute approximate surface area is 124 Å². The average molecular weight is 289 g/mol. The molecule has 1 saturated heterocycles. The highest BCUT2D eigenvalue weighted by atomic mass is 19.1. The molecule has 3 rings (SSSR count). The fraction of sp³-hybridized carbons (Fsp3) is 0.412. The molecule has 2 aromatic rings. The lowest BCUT2D eigenvalue weighted by molar-refractivity contribution is 0.0995. The number of benzene rings is 1. The summed E-state index contributed by atoms with van der Waals surface area (Å²) in [4.78, 5) is 2.36. The molecule has 1 fully saturated rings. The minimum Gasteiger partial charge on any atom is -0.467 e. The Kier molecular flexibility index (Phi) is 4.36. The van der Waals surface area contributed by atoms with Gasteiger partial charge in [0.05, 0.1) is 6.26 Å². The lowest BCUT2D eigenvalue weighted by atomic mass is 10.0. The SMILES string of the molecule is OC(CC1CCCN1Cc1ccc(F)cc1)c1ccco1. The molecule has 4 heteroatoms. The minimum absolute atomic E-state index is 0.204. The minimum atomic E-state index is -0.557. The van der Waals surface area contributed by atoms with Gasteiger partial charge in [-0.25, -0.2) is 4.39 Å². The Morgan fingerprint density at radius 3 is 2.81 bits per heavy atom. The van der Waals surface area contributed by atoms with Crippen LogP contribution in [0.5, 0.6) is 0 Å². The molecule has 0 bridgehead atoms. The summed E-state index contributed by atoms with van der Waals surface area (Å²) < 4.78 is 18.2. The number of aliphatic hydroxyl groups is 1. The summed E-state index contributed by atoms with van der Waals surface area (Å²) in [7, 11) is 0. The zero-order valence-corrected chi connectivity index (χ0v) is 11.9. The summed E-state index contributed by atoms with van der Waals surface area (Å²) in [6, 6.07) is 10.6. The Bertz CT molecular complexity index is 553. The zero-order chi connectivity index (χ0) is 14.7. The van der Waals surface area contributed by atoms with Crippen LogP contribution in [0.1, 0.15) is 36.7 Å². The number of nitrogens with zero attached hydrogens (tertiary/aromatic N) is 1. The third-order valence-electron chi connectivity index (χ3n) is 4.16. The van der Waals surface area contributed by atoms with Crippen LogP contribution in [0.4, 0.5) is 4.39 Å². The molecule has 0 aliphatic carbocycles. The fourth-order valence-electron chi connectivity index (χ4n) is 3.05. The molecule has 1 aromatic heterocycles. The van der Waals surface area contributed by atoms with Crippen LogP contribution in [0.2, 0.25) is 0 Å². The second-order valence-electron chi connectivity index (χ2n) is 5.66. The van der Waals surface area contributed by atoms with Crippen molar-refractivity contribution in [3.63, 3.8) is 0 Å². The lowest BCUT2D eigenvalue weighted by Gasteiger charge is -2.26. The van der Waals surface area contributed by atoms with Crippen LogP contribution >= 0.6 is 0 Å². The molecule has 1 N–H and O–H groups in total. The quantitative estimate of drug-likeness (QED) is 0.915. The summed E-state index contributed by atoms with van der Waals surface area (Å²) >= 11 is 0. The number of furan rings is 1. The smallest absolute Gasteiger partial charge is 0.132 e. The maximum Gasteiger partial charge on any atom is 0.132 e. The summed E-state index contributed by atoms with van der Waals surface area (Å²) in [5.74, 6) is 0.425. The third-order valence-corrected chi connectivity index (χ3v) is 4.16. The molecule has 2 atom stereocenters. The van der Waals surface area contributed by atoms with Crippen molar-refractivity contribution >= 4 is 0 Å². The molecule has 1 aromatic carbocycles. The first-order chi connectivity index (χ1) is 10.2. The van der Waals surface area contributed by atoms with E-state index in [1.807, 2.05) is 18.2 Å². The lowest BCUT2D eigenvalue weighted by Crippen LogP contribution is -2.30. The molecule has 1 aliphatic rings. The third kappa shape index (κ3) is 3.52. The van der Waals surface area contributed by atoms with Crippen LogP contribution in [0.25, 0.3) is 0 Å². The predicted octanol–water partition coefficient (Wildman–Crippen LogP) is 3.51. The molecule has 0 spiro atoms. The van der Waals surface area contributed by atoms with Gasteiger partial charge in [-0.1, -0.05) is 12.1 Å². The van der Waals surface area contributed by atoms with E-state index < -0.39 is 6.10 Å². The van der Waals surface area contributed by atoms with E-state index in [0.717, 1.165) is 31.5 Å². The standard InChI is InChI=1S/C17H20FNO2/c18-14-7-5-13(6-8-14)12-19-9-1-3-15(19)11-16(20)17-4-2-10-21-17/h2,4-8,10,15-16,20H,1,3,9,11-12H2. The Morgan fingerprint density at radius 1 is 1.29 bits per heavy atom. The maximum atomic E-state index is 12.9. The van der Waals surface area contributed by atoms with E-state index in [-0.39, 0.29) is 5.82 Å². The van der Waals surface area contributed by atoms with Gasteiger partial charge in [-0.2, -0.15) is 0 Å². The average Bonchev–Trinajstić information content (AvgIpc) is 3.14. The van der Waals surface area contributed by atoms with Gasteiger partial charge in [0.25, 0.3) is 0 Å². The van der Waals surface area contributed by atoms with E-state index in [4.69, 9.17) is 4.42 Å². The van der Waals surface area contributed by atoms with Crippen molar-refractivity contribution in [2.45, 2.75) is 38.0 Å². The van der Waals surface area contributed by atoms with Gasteiger partial charge in [-0.15, -0.1) is 0 Å². The van der Waals surface area contributed by atoms with E-state index in [0.29, 0.717) is 18.2 Å². The monoisotopic (exact) mass is 289 g/mol. The van der Waals surface area contributed by atoms with Gasteiger partial charge >= 0.3 is 0 Å². The van der Waals surface area contributed by atoms with Crippen molar-refractivity contribution in [1.82, 2.24) is 4.90 Å². The Morgan fingerprint density at radius 2 is 2.10 bits per heavy atom. The number of rotatable bonds is 5. The van der Waals surface area contributed by atoms with Crippen LogP contribution in [-0.4, -0.2) is 22.6 Å². The van der Waals surface area contributed by atoms with E-state index >= 15 is 0 Å². The van der Waals surface area contributed by atoms with Gasteiger partial charge < -0.3 is 9.52 Å². The van der Waals surface area contributed by atoms with Gasteiger partial charge in [0, 0.05) is 12.6 Å². The predicted molar refractivity (Wildman–Crippen MR) is 78.1 cm³/mol. The molecule has 21 heavy (non-hydrogen) atoms. The molecule has 3 nitrogen and oxygen atoms in total. The van der Waals surface area contributed by atoms with Crippen molar-refractivity contribution in [2.24, 2.45) is 0 Å². The highest BCUT2D eigenvalue weighted by Gasteiger charge is 2.27. The molecule has 0 saturated carbocycles. The first-order valence-corrected chi connectivity index (χ1v) is 7.42. The van der Waals surface area contributed by atoms with Gasteiger partial charge in [0.1, 0.15) is 17.7 Å².